The van der Waals surface area contributed by atoms with Crippen molar-refractivity contribution in [2.45, 2.75) is 143 Å². The normalized spacial score (nSPS) is 45.5. The lowest BCUT2D eigenvalue weighted by atomic mass is 9.32. The van der Waals surface area contributed by atoms with E-state index in [1.807, 2.05) is 13.0 Å². The van der Waals surface area contributed by atoms with Gasteiger partial charge >= 0.3 is 11.9 Å². The molecule has 288 valence electrons. The van der Waals surface area contributed by atoms with Gasteiger partial charge in [0.05, 0.1) is 17.1 Å². The summed E-state index contributed by atoms with van der Waals surface area (Å²) in [5.74, 6) is 3.89. The maximum atomic E-state index is 13.6. The molecule has 0 aromatic heterocycles. The van der Waals surface area contributed by atoms with Gasteiger partial charge in [0.1, 0.15) is 6.10 Å². The van der Waals surface area contributed by atoms with Crippen molar-refractivity contribution < 1.29 is 19.1 Å². The zero-order valence-electron chi connectivity index (χ0n) is 33.6. The summed E-state index contributed by atoms with van der Waals surface area (Å²) in [6.07, 6.45) is 23.3. The molecule has 7 rings (SSSR count). The average molecular weight is 749 g/mol. The minimum atomic E-state index is -0.203. The quantitative estimate of drug-likeness (QED) is 0.141. The molecule has 2 aliphatic heterocycles. The van der Waals surface area contributed by atoms with Crippen molar-refractivity contribution in [1.29, 1.82) is 0 Å². The average Bonchev–Trinajstić information content (AvgIpc) is 3.52. The van der Waals surface area contributed by atoms with Crippen LogP contribution in [0.3, 0.4) is 0 Å². The van der Waals surface area contributed by atoms with E-state index in [1.165, 1.54) is 44.1 Å². The first-order valence-corrected chi connectivity index (χ1v) is 23.6. The highest BCUT2D eigenvalue weighted by molar-refractivity contribution is 8.18. The van der Waals surface area contributed by atoms with Crippen molar-refractivity contribution in [3.8, 4) is 0 Å². The van der Waals surface area contributed by atoms with E-state index in [0.717, 1.165) is 37.9 Å². The molecule has 4 nitrogen and oxygen atoms in total. The summed E-state index contributed by atoms with van der Waals surface area (Å²) >= 11 is 0. The fourth-order valence-corrected chi connectivity index (χ4v) is 17.1. The topological polar surface area (TPSA) is 52.6 Å². The summed E-state index contributed by atoms with van der Waals surface area (Å²) in [5, 5.41) is 6.32. The predicted molar refractivity (Wildman–Crippen MR) is 223 cm³/mol. The molecule has 0 saturated heterocycles. The summed E-state index contributed by atoms with van der Waals surface area (Å²) in [6.45, 7) is 24.4. The van der Waals surface area contributed by atoms with E-state index in [1.54, 1.807) is 0 Å². The summed E-state index contributed by atoms with van der Waals surface area (Å²) in [6, 6.07) is 0. The third-order valence-electron chi connectivity index (χ3n) is 17.1. The van der Waals surface area contributed by atoms with E-state index >= 15 is 0 Å². The van der Waals surface area contributed by atoms with Crippen molar-refractivity contribution in [3.63, 3.8) is 0 Å². The zero-order chi connectivity index (χ0) is 37.3. The molecule has 14 atom stereocenters. The molecule has 0 radical (unpaired) electrons. The predicted octanol–water partition coefficient (Wildman–Crippen LogP) is 11.1. The standard InChI is InChI=1S/C46H68O4S2/c1-31(2)34-18-23-46(30-49-40(47)32(3)51-26-12-10-13-27-51)25-24-44(8)35(39(34)46)16-17-37-43(7)21-20-38(42(5,6)36(43)19-22-45(37,44)9)50-41(48)33(4)52-28-14-11-15-29-52/h10-12,14-15,26,28-29,32-39H,1,13,16-25,27,30H2,2-9H3/t32?,33?,34-,35?,36?,37?,38-,39?,43-,44+,45+,46+,51?/m0/s1. The number of hydrogen-bond donors (Lipinski definition) is 0. The number of carbonyl (C=O) groups is 2. The van der Waals surface area contributed by atoms with Crippen LogP contribution in [-0.2, 0) is 19.1 Å². The first-order valence-electron chi connectivity index (χ1n) is 20.7. The number of rotatable bonds is 8. The highest BCUT2D eigenvalue weighted by Crippen LogP contribution is 2.77. The Morgan fingerprint density at radius 3 is 2.29 bits per heavy atom. The van der Waals surface area contributed by atoms with Gasteiger partial charge in [0, 0.05) is 10.8 Å². The number of hydrogen-bond acceptors (Lipinski definition) is 4. The Hall–Kier alpha value is -1.66. The molecule has 0 N–H and O–H groups in total. The Kier molecular flexibility index (Phi) is 10.5. The summed E-state index contributed by atoms with van der Waals surface area (Å²) in [4.78, 5) is 27.1. The highest BCUT2D eigenvalue weighted by Gasteiger charge is 2.71. The molecule has 5 fully saturated rings. The zero-order valence-corrected chi connectivity index (χ0v) is 35.2. The number of carbonyl (C=O) groups excluding carboxylic acids is 2. The summed E-state index contributed by atoms with van der Waals surface area (Å²) in [7, 11) is -0.228. The van der Waals surface area contributed by atoms with Crippen molar-refractivity contribution in [2.75, 3.05) is 12.4 Å². The molecule has 52 heavy (non-hydrogen) atoms. The monoisotopic (exact) mass is 748 g/mol. The van der Waals surface area contributed by atoms with Crippen molar-refractivity contribution >= 4 is 43.6 Å². The molecule has 5 saturated carbocycles. The molecule has 0 spiro atoms. The Morgan fingerprint density at radius 2 is 1.60 bits per heavy atom. The van der Waals surface area contributed by atoms with Crippen LogP contribution in [0.4, 0.5) is 0 Å². The largest absolute Gasteiger partial charge is 0.464 e. The van der Waals surface area contributed by atoms with Gasteiger partial charge in [-0.15, -0.1) is 10.5 Å². The highest BCUT2D eigenvalue weighted by atomic mass is 32.2. The molecule has 0 aromatic rings. The number of allylic oxidation sites excluding steroid dienone is 6. The van der Waals surface area contributed by atoms with Crippen molar-refractivity contribution in [3.05, 3.63) is 47.9 Å². The van der Waals surface area contributed by atoms with Crippen LogP contribution in [0.1, 0.15) is 126 Å². The van der Waals surface area contributed by atoms with Crippen LogP contribution in [0, 0.1) is 56.7 Å². The van der Waals surface area contributed by atoms with E-state index < -0.39 is 0 Å². The molecule has 8 unspecified atom stereocenters. The van der Waals surface area contributed by atoms with E-state index in [9.17, 15) is 9.59 Å². The molecule has 0 bridgehead atoms. The molecule has 6 heteroatoms. The van der Waals surface area contributed by atoms with Crippen LogP contribution in [0.15, 0.2) is 47.9 Å². The van der Waals surface area contributed by atoms with Gasteiger partial charge in [0.2, 0.25) is 0 Å². The fraction of sp³-hybridized carbons (Fsp3) is 0.739. The maximum absolute atomic E-state index is 13.6. The van der Waals surface area contributed by atoms with Crippen LogP contribution < -0.4 is 0 Å². The van der Waals surface area contributed by atoms with Gasteiger partial charge in [0.25, 0.3) is 0 Å². The molecule has 2 heterocycles. The van der Waals surface area contributed by atoms with Gasteiger partial charge in [-0.05, 0) is 159 Å². The molecule has 0 aromatic carbocycles. The van der Waals surface area contributed by atoms with Crippen LogP contribution in [0.2, 0.25) is 0 Å². The lowest BCUT2D eigenvalue weighted by Gasteiger charge is -2.73. The third-order valence-corrected chi connectivity index (χ3v) is 21.3. The number of esters is 2. The SMILES string of the molecule is C=C(C)[C@@H]1CC[C@]2(COC(=O)C(C)S3=CC=CCC3)CC[C@]3(C)C(CCC4[C@@]5(C)CC[C@H](OC(=O)C(C)S6=CC=CC=C6)C(C)(C)C5CC[C@]43C)C12. The Balaban J connectivity index is 1.11. The molecule has 0 amide bonds. The van der Waals surface area contributed by atoms with Crippen LogP contribution in [0.25, 0.3) is 0 Å². The molecule has 5 aliphatic carbocycles. The number of ether oxygens (including phenoxy) is 2. The van der Waals surface area contributed by atoms with Crippen molar-refractivity contribution in [1.82, 2.24) is 0 Å². The molecular weight excluding hydrogens is 681 g/mol. The second-order valence-corrected chi connectivity index (χ2v) is 23.9. The maximum Gasteiger partial charge on any atom is 0.318 e. The van der Waals surface area contributed by atoms with Crippen molar-refractivity contribution in [2.24, 2.45) is 56.7 Å². The Bertz CT molecular complexity index is 1620. The minimum absolute atomic E-state index is 0.0112. The van der Waals surface area contributed by atoms with Gasteiger partial charge < -0.3 is 9.47 Å². The molecular formula is C46H68O4S2. The van der Waals surface area contributed by atoms with E-state index in [0.29, 0.717) is 36.2 Å². The minimum Gasteiger partial charge on any atom is -0.464 e. The summed E-state index contributed by atoms with van der Waals surface area (Å²) < 4.78 is 12.9. The van der Waals surface area contributed by atoms with E-state index in [-0.39, 0.29) is 76.6 Å². The fourth-order valence-electron chi connectivity index (χ4n) is 14.0. The lowest BCUT2D eigenvalue weighted by molar-refractivity contribution is -0.252. The lowest BCUT2D eigenvalue weighted by Crippen LogP contribution is -2.67. The van der Waals surface area contributed by atoms with Gasteiger partial charge in [-0.1, -0.05) is 77.2 Å². The second kappa shape index (κ2) is 14.1. The van der Waals surface area contributed by atoms with E-state index in [4.69, 9.17) is 9.47 Å². The van der Waals surface area contributed by atoms with Crippen LogP contribution in [-0.4, -0.2) is 51.6 Å². The van der Waals surface area contributed by atoms with Gasteiger partial charge in [0.15, 0.2) is 0 Å². The van der Waals surface area contributed by atoms with Crippen LogP contribution in [0.5, 0.6) is 0 Å². The van der Waals surface area contributed by atoms with Gasteiger partial charge in [-0.3, -0.25) is 9.59 Å². The summed E-state index contributed by atoms with van der Waals surface area (Å²) in [5.41, 5.74) is 2.04. The van der Waals surface area contributed by atoms with Gasteiger partial charge in [-0.2, -0.15) is 10.5 Å². The smallest absolute Gasteiger partial charge is 0.318 e. The molecule has 7 aliphatic rings. The Morgan fingerprint density at radius 1 is 0.808 bits per heavy atom. The van der Waals surface area contributed by atoms with Gasteiger partial charge in [-0.25, -0.2) is 0 Å². The first kappa shape index (κ1) is 38.6. The van der Waals surface area contributed by atoms with E-state index in [2.05, 4.69) is 95.5 Å². The first-order chi connectivity index (χ1) is 24.6. The Labute approximate surface area is 321 Å². The third kappa shape index (κ3) is 6.09. The number of fused-ring (bicyclic) bond motifs is 7. The second-order valence-electron chi connectivity index (χ2n) is 19.5. The van der Waals surface area contributed by atoms with Crippen LogP contribution >= 0.6 is 21.0 Å².